The summed E-state index contributed by atoms with van der Waals surface area (Å²) >= 11 is 0. The van der Waals surface area contributed by atoms with Gasteiger partial charge in [-0.2, -0.15) is 0 Å². The van der Waals surface area contributed by atoms with Crippen molar-refractivity contribution in [1.82, 2.24) is 0 Å². The zero-order valence-electron chi connectivity index (χ0n) is 16.1. The highest BCUT2D eigenvalue weighted by molar-refractivity contribution is 5.89. The van der Waals surface area contributed by atoms with E-state index in [9.17, 15) is 0 Å². The molecule has 0 saturated carbocycles. The number of rotatable bonds is 0. The maximum absolute atomic E-state index is 3.08. The van der Waals surface area contributed by atoms with Gasteiger partial charge in [-0.1, -0.05) is 84.6 Å². The molecular formula is C30H14. The van der Waals surface area contributed by atoms with E-state index in [4.69, 9.17) is 0 Å². The molecule has 4 aromatic carbocycles. The van der Waals surface area contributed by atoms with Gasteiger partial charge < -0.3 is 0 Å². The molecule has 134 valence electrons. The Hall–Kier alpha value is -4.80. The fraction of sp³-hybridized carbons (Fsp3) is 0. The zero-order chi connectivity index (χ0) is 20.4. The van der Waals surface area contributed by atoms with Gasteiger partial charge in [-0.25, -0.2) is 0 Å². The third-order valence-corrected chi connectivity index (χ3v) is 4.41. The average molecular weight is 374 g/mol. The van der Waals surface area contributed by atoms with Crippen LogP contribution in [0.25, 0.3) is 21.5 Å². The Morgan fingerprint density at radius 1 is 0.333 bits per heavy atom. The lowest BCUT2D eigenvalue weighted by molar-refractivity contribution is 1.70. The Kier molecular flexibility index (Phi) is 5.82. The second-order valence-electron chi connectivity index (χ2n) is 6.30. The molecule has 0 bridgehead atoms. The first-order valence-electron chi connectivity index (χ1n) is 9.39. The predicted molar refractivity (Wildman–Crippen MR) is 125 cm³/mol. The molecule has 30 heavy (non-hydrogen) atoms. The molecule has 4 aromatic rings. The molecule has 0 heterocycles. The molecule has 0 radical (unpaired) electrons. The Labute approximate surface area is 176 Å². The quantitative estimate of drug-likeness (QED) is 0.361. The van der Waals surface area contributed by atoms with E-state index in [0.717, 1.165) is 32.7 Å². The molecule has 0 amide bonds. The molecule has 0 N–H and O–H groups in total. The van der Waals surface area contributed by atoms with Gasteiger partial charge in [-0.15, -0.1) is 0 Å². The van der Waals surface area contributed by atoms with Gasteiger partial charge >= 0.3 is 0 Å². The minimum absolute atomic E-state index is 0.957. The Balaban J connectivity index is 1.43. The lowest BCUT2D eigenvalue weighted by atomic mass is 10.1. The van der Waals surface area contributed by atoms with Crippen LogP contribution in [-0.4, -0.2) is 0 Å². The van der Waals surface area contributed by atoms with Crippen molar-refractivity contribution in [2.24, 2.45) is 0 Å². The molecule has 4 rings (SSSR count). The molecule has 0 aliphatic rings. The molecule has 0 aromatic heterocycles. The lowest BCUT2D eigenvalue weighted by Crippen LogP contribution is -1.78. The zero-order valence-corrected chi connectivity index (χ0v) is 16.1. The molecule has 0 aliphatic heterocycles. The fourth-order valence-electron chi connectivity index (χ4n) is 3.05. The van der Waals surface area contributed by atoms with Crippen LogP contribution >= 0.6 is 0 Å². The predicted octanol–water partition coefficient (Wildman–Crippen LogP) is 5.41. The Morgan fingerprint density at radius 3 is 1.17 bits per heavy atom. The summed E-state index contributed by atoms with van der Waals surface area (Å²) in [5.74, 6) is 28.1. The molecule has 0 spiro atoms. The van der Waals surface area contributed by atoms with Gasteiger partial charge in [0.15, 0.2) is 0 Å². The number of benzene rings is 4. The summed E-state index contributed by atoms with van der Waals surface area (Å²) in [6.45, 7) is 0. The summed E-state index contributed by atoms with van der Waals surface area (Å²) in [4.78, 5) is 0. The highest BCUT2D eigenvalue weighted by Gasteiger charge is 1.96. The van der Waals surface area contributed by atoms with E-state index in [0.29, 0.717) is 0 Å². The van der Waals surface area contributed by atoms with E-state index in [-0.39, 0.29) is 0 Å². The first-order valence-corrected chi connectivity index (χ1v) is 9.39. The van der Waals surface area contributed by atoms with Gasteiger partial charge in [0, 0.05) is 11.1 Å². The van der Waals surface area contributed by atoms with Crippen molar-refractivity contribution in [1.29, 1.82) is 0 Å². The summed E-state index contributed by atoms with van der Waals surface area (Å²) < 4.78 is 0. The van der Waals surface area contributed by atoms with Crippen LogP contribution in [-0.2, 0) is 0 Å². The van der Waals surface area contributed by atoms with E-state index in [2.05, 4.69) is 95.6 Å². The van der Waals surface area contributed by atoms with E-state index < -0.39 is 0 Å². The van der Waals surface area contributed by atoms with Crippen LogP contribution in [0, 0.1) is 59.2 Å². The Bertz CT molecular complexity index is 1430. The smallest absolute Gasteiger partial charge is 0.0334 e. The van der Waals surface area contributed by atoms with Crippen LogP contribution in [0.3, 0.4) is 0 Å². The summed E-state index contributed by atoms with van der Waals surface area (Å²) in [7, 11) is 0. The summed E-state index contributed by atoms with van der Waals surface area (Å²) in [5, 5.41) is 4.57. The van der Waals surface area contributed by atoms with Crippen LogP contribution in [0.5, 0.6) is 0 Å². The summed E-state index contributed by atoms with van der Waals surface area (Å²) in [5.41, 5.74) is 1.91. The van der Waals surface area contributed by atoms with E-state index in [1.807, 2.05) is 48.5 Å². The summed E-state index contributed by atoms with van der Waals surface area (Å²) in [6.07, 6.45) is 0. The van der Waals surface area contributed by atoms with Crippen LogP contribution in [0.2, 0.25) is 0 Å². The monoisotopic (exact) mass is 374 g/mol. The normalized spacial score (nSPS) is 8.67. The van der Waals surface area contributed by atoms with Gasteiger partial charge in [-0.3, -0.25) is 0 Å². The third kappa shape index (κ3) is 4.54. The second-order valence-corrected chi connectivity index (χ2v) is 6.30. The van der Waals surface area contributed by atoms with Crippen molar-refractivity contribution < 1.29 is 0 Å². The van der Waals surface area contributed by atoms with Crippen LogP contribution < -0.4 is 0 Å². The lowest BCUT2D eigenvalue weighted by Gasteiger charge is -1.98. The van der Waals surface area contributed by atoms with E-state index >= 15 is 0 Å². The molecule has 0 unspecified atom stereocenters. The number of fused-ring (bicyclic) bond motifs is 2. The van der Waals surface area contributed by atoms with Crippen molar-refractivity contribution in [3.05, 3.63) is 96.1 Å². The molecule has 0 saturated heterocycles. The first-order chi connectivity index (χ1) is 14.9. The topological polar surface area (TPSA) is 0 Å². The van der Waals surface area contributed by atoms with Gasteiger partial charge in [-0.05, 0) is 81.0 Å². The minimum atomic E-state index is 0.957. The number of hydrogen-bond donors (Lipinski definition) is 0. The molecular weight excluding hydrogens is 360 g/mol. The van der Waals surface area contributed by atoms with Crippen molar-refractivity contribution in [2.45, 2.75) is 0 Å². The number of hydrogen-bond acceptors (Lipinski definition) is 0. The summed E-state index contributed by atoms with van der Waals surface area (Å²) in [6, 6.07) is 28.4. The Morgan fingerprint density at radius 2 is 0.700 bits per heavy atom. The van der Waals surface area contributed by atoms with Crippen LogP contribution in [0.15, 0.2) is 84.9 Å². The third-order valence-electron chi connectivity index (χ3n) is 4.41. The minimum Gasteiger partial charge on any atom is -0.0616 e. The van der Waals surface area contributed by atoms with E-state index in [1.54, 1.807) is 0 Å². The molecule has 0 atom stereocenters. The first kappa shape index (κ1) is 18.6. The van der Waals surface area contributed by atoms with Crippen molar-refractivity contribution >= 4 is 21.5 Å². The maximum atomic E-state index is 3.08. The van der Waals surface area contributed by atoms with E-state index in [1.165, 1.54) is 0 Å². The van der Waals surface area contributed by atoms with Crippen molar-refractivity contribution in [3.8, 4) is 59.2 Å². The maximum Gasteiger partial charge on any atom is 0.0334 e. The highest BCUT2D eigenvalue weighted by Crippen LogP contribution is 2.18. The second kappa shape index (κ2) is 9.41. The van der Waals surface area contributed by atoms with Crippen molar-refractivity contribution in [2.75, 3.05) is 0 Å². The van der Waals surface area contributed by atoms with Crippen LogP contribution in [0.4, 0.5) is 0 Å². The SMILES string of the molecule is C(#CC#CC#Cc1cccc2ccccc12)C#CC#Cc1cccc2ccccc12. The highest BCUT2D eigenvalue weighted by atomic mass is 14.0. The van der Waals surface area contributed by atoms with Crippen LogP contribution in [0.1, 0.15) is 11.1 Å². The van der Waals surface area contributed by atoms with Gasteiger partial charge in [0.2, 0.25) is 0 Å². The molecule has 0 fully saturated rings. The van der Waals surface area contributed by atoms with Crippen molar-refractivity contribution in [3.63, 3.8) is 0 Å². The molecule has 0 nitrogen and oxygen atoms in total. The fourth-order valence-corrected chi connectivity index (χ4v) is 3.05. The standard InChI is InChI=1S/C30H14/c1(3-5-7-15-25-19-13-21-27-17-9-11-23-29(25)27)2-4-6-8-16-26-20-14-22-28-18-10-12-24-30(26)28/h9-14,17-24H. The largest absolute Gasteiger partial charge is 0.0616 e. The van der Waals surface area contributed by atoms with Gasteiger partial charge in [0.05, 0.1) is 0 Å². The molecule has 0 aliphatic carbocycles. The average Bonchev–Trinajstić information content (AvgIpc) is 2.80. The van der Waals surface area contributed by atoms with Gasteiger partial charge in [0.1, 0.15) is 0 Å². The molecule has 0 heteroatoms. The van der Waals surface area contributed by atoms with Gasteiger partial charge in [0.25, 0.3) is 0 Å².